The predicted octanol–water partition coefficient (Wildman–Crippen LogP) is 2.99. The molecule has 162 valence electrons. The first-order valence-corrected chi connectivity index (χ1v) is 10.7. The third-order valence-corrected chi connectivity index (χ3v) is 5.94. The Bertz CT molecular complexity index is 1200. The van der Waals surface area contributed by atoms with Crippen LogP contribution in [0.1, 0.15) is 46.7 Å². The Morgan fingerprint density at radius 1 is 1.19 bits per heavy atom. The van der Waals surface area contributed by atoms with Crippen LogP contribution >= 0.6 is 0 Å². The highest BCUT2D eigenvalue weighted by molar-refractivity contribution is 5.85. The van der Waals surface area contributed by atoms with Gasteiger partial charge in [-0.15, -0.1) is 0 Å². The molecule has 0 aliphatic heterocycles. The summed E-state index contributed by atoms with van der Waals surface area (Å²) >= 11 is 0. The number of ether oxygens (including phenoxy) is 1. The van der Waals surface area contributed by atoms with Crippen molar-refractivity contribution in [2.24, 2.45) is 0 Å². The lowest BCUT2D eigenvalue weighted by Crippen LogP contribution is -2.30. The molecule has 0 unspecified atom stereocenters. The Balaban J connectivity index is 1.42. The summed E-state index contributed by atoms with van der Waals surface area (Å²) in [6.45, 7) is 4.29. The minimum atomic E-state index is -0.498. The summed E-state index contributed by atoms with van der Waals surface area (Å²) in [5.41, 5.74) is 4.56. The van der Waals surface area contributed by atoms with Crippen molar-refractivity contribution in [2.45, 2.75) is 52.4 Å². The molecule has 1 N–H and O–H groups in total. The number of carbonyl (C=O) groups is 1. The summed E-state index contributed by atoms with van der Waals surface area (Å²) in [5, 5.41) is 3.67. The molecule has 1 aliphatic carbocycles. The van der Waals surface area contributed by atoms with E-state index in [0.717, 1.165) is 41.0 Å². The van der Waals surface area contributed by atoms with Gasteiger partial charge in [0.05, 0.1) is 19.1 Å². The zero-order valence-electron chi connectivity index (χ0n) is 18.2. The van der Waals surface area contributed by atoms with Gasteiger partial charge in [-0.3, -0.25) is 4.79 Å². The number of aryl methyl sites for hydroxylation is 3. The van der Waals surface area contributed by atoms with E-state index in [1.807, 2.05) is 19.9 Å². The highest BCUT2D eigenvalue weighted by atomic mass is 16.5. The van der Waals surface area contributed by atoms with Gasteiger partial charge in [0, 0.05) is 35.8 Å². The normalized spacial score (nSPS) is 13.1. The van der Waals surface area contributed by atoms with Gasteiger partial charge in [-0.2, -0.15) is 0 Å². The van der Waals surface area contributed by atoms with E-state index in [1.165, 1.54) is 18.4 Å². The number of hydrogen-bond acceptors (Lipinski definition) is 6. The Morgan fingerprint density at radius 3 is 2.81 bits per heavy atom. The van der Waals surface area contributed by atoms with E-state index in [1.54, 1.807) is 19.2 Å². The largest absolute Gasteiger partial charge is 0.497 e. The van der Waals surface area contributed by atoms with Crippen molar-refractivity contribution in [2.75, 3.05) is 13.7 Å². The average molecular weight is 421 g/mol. The molecule has 0 saturated heterocycles. The number of nitrogens with one attached hydrogen (secondary N) is 1. The molecule has 2 heterocycles. The quantitative estimate of drug-likeness (QED) is 0.615. The van der Waals surface area contributed by atoms with Crippen molar-refractivity contribution in [1.82, 2.24) is 15.3 Å². The van der Waals surface area contributed by atoms with Gasteiger partial charge < -0.3 is 14.5 Å². The van der Waals surface area contributed by atoms with Crippen LogP contribution < -0.4 is 15.7 Å². The molecule has 31 heavy (non-hydrogen) atoms. The number of aromatic nitrogens is 2. The Morgan fingerprint density at radius 2 is 2.00 bits per heavy atom. The van der Waals surface area contributed by atoms with Crippen LogP contribution in [0.25, 0.3) is 11.0 Å². The highest BCUT2D eigenvalue weighted by Crippen LogP contribution is 2.24. The molecule has 7 nitrogen and oxygen atoms in total. The minimum absolute atomic E-state index is 0.0276. The van der Waals surface area contributed by atoms with E-state index in [9.17, 15) is 9.59 Å². The zero-order valence-corrected chi connectivity index (χ0v) is 18.2. The van der Waals surface area contributed by atoms with Gasteiger partial charge in [0.15, 0.2) is 0 Å². The van der Waals surface area contributed by atoms with Crippen LogP contribution in [0.3, 0.4) is 0 Å². The summed E-state index contributed by atoms with van der Waals surface area (Å²) in [7, 11) is 1.56. The van der Waals surface area contributed by atoms with E-state index < -0.39 is 5.63 Å². The summed E-state index contributed by atoms with van der Waals surface area (Å²) in [5.74, 6) is 1.15. The number of benzene rings is 1. The fourth-order valence-corrected chi connectivity index (χ4v) is 4.20. The fourth-order valence-electron chi connectivity index (χ4n) is 4.20. The van der Waals surface area contributed by atoms with Crippen LogP contribution in [0, 0.1) is 13.8 Å². The molecule has 0 fully saturated rings. The van der Waals surface area contributed by atoms with E-state index in [0.29, 0.717) is 29.9 Å². The summed E-state index contributed by atoms with van der Waals surface area (Å²) < 4.78 is 10.6. The van der Waals surface area contributed by atoms with Gasteiger partial charge in [-0.05, 0) is 62.8 Å². The summed E-state index contributed by atoms with van der Waals surface area (Å²) in [6.07, 6.45) is 4.95. The van der Waals surface area contributed by atoms with E-state index in [4.69, 9.17) is 14.1 Å². The Kier molecular flexibility index (Phi) is 6.02. The molecule has 7 heteroatoms. The number of hydrogen-bond donors (Lipinski definition) is 1. The van der Waals surface area contributed by atoms with Gasteiger partial charge in [0.1, 0.15) is 17.2 Å². The van der Waals surface area contributed by atoms with Crippen molar-refractivity contribution in [3.8, 4) is 5.75 Å². The van der Waals surface area contributed by atoms with Crippen LogP contribution in [0.15, 0.2) is 27.4 Å². The summed E-state index contributed by atoms with van der Waals surface area (Å²) in [6, 6.07) is 5.32. The number of nitrogens with zero attached hydrogens (tertiary/aromatic N) is 2. The molecule has 0 bridgehead atoms. The zero-order chi connectivity index (χ0) is 22.0. The van der Waals surface area contributed by atoms with Crippen LogP contribution in [0.2, 0.25) is 0 Å². The lowest BCUT2D eigenvalue weighted by atomic mass is 9.95. The molecular weight excluding hydrogens is 394 g/mol. The topological polar surface area (TPSA) is 94.3 Å². The maximum Gasteiger partial charge on any atom is 0.340 e. The molecule has 0 spiro atoms. The summed E-state index contributed by atoms with van der Waals surface area (Å²) in [4.78, 5) is 34.2. The minimum Gasteiger partial charge on any atom is -0.497 e. The molecule has 1 aromatic carbocycles. The molecule has 4 rings (SSSR count). The van der Waals surface area contributed by atoms with E-state index >= 15 is 0 Å². The first-order valence-electron chi connectivity index (χ1n) is 10.7. The van der Waals surface area contributed by atoms with E-state index in [-0.39, 0.29) is 12.3 Å². The van der Waals surface area contributed by atoms with E-state index in [2.05, 4.69) is 10.3 Å². The van der Waals surface area contributed by atoms with Gasteiger partial charge >= 0.3 is 5.63 Å². The number of fused-ring (bicyclic) bond motifs is 2. The molecule has 0 saturated carbocycles. The van der Waals surface area contributed by atoms with Crippen LogP contribution in [0.5, 0.6) is 5.75 Å². The Labute approximate surface area is 180 Å². The average Bonchev–Trinajstić information content (AvgIpc) is 2.76. The lowest BCUT2D eigenvalue weighted by molar-refractivity contribution is -0.120. The monoisotopic (exact) mass is 421 g/mol. The maximum absolute atomic E-state index is 12.5. The van der Waals surface area contributed by atoms with Crippen LogP contribution in [-0.4, -0.2) is 29.5 Å². The van der Waals surface area contributed by atoms with Crippen molar-refractivity contribution in [1.29, 1.82) is 0 Å². The second-order valence-electron chi connectivity index (χ2n) is 7.99. The second-order valence-corrected chi connectivity index (χ2v) is 7.99. The SMILES string of the molecule is COc1ccc2c(C)c(CC(=O)NCCc3nc(C)c4c(n3)CCCC4)c(=O)oc2c1. The number of rotatable bonds is 6. The highest BCUT2D eigenvalue weighted by Gasteiger charge is 2.17. The molecular formula is C24H27N3O4. The third kappa shape index (κ3) is 4.45. The molecule has 0 atom stereocenters. The van der Waals surface area contributed by atoms with Crippen molar-refractivity contribution >= 4 is 16.9 Å². The molecule has 1 amide bonds. The van der Waals surface area contributed by atoms with Crippen molar-refractivity contribution < 1.29 is 13.9 Å². The molecule has 0 radical (unpaired) electrons. The molecule has 2 aromatic heterocycles. The Hall–Kier alpha value is -3.22. The predicted molar refractivity (Wildman–Crippen MR) is 118 cm³/mol. The first-order chi connectivity index (χ1) is 15.0. The molecule has 1 aliphatic rings. The van der Waals surface area contributed by atoms with Gasteiger partial charge in [0.25, 0.3) is 0 Å². The fraction of sp³-hybridized carbons (Fsp3) is 0.417. The smallest absolute Gasteiger partial charge is 0.340 e. The van der Waals surface area contributed by atoms with Crippen molar-refractivity contribution in [3.05, 3.63) is 62.5 Å². The lowest BCUT2D eigenvalue weighted by Gasteiger charge is -2.17. The van der Waals surface area contributed by atoms with Crippen LogP contribution in [0.4, 0.5) is 0 Å². The third-order valence-electron chi connectivity index (χ3n) is 5.94. The maximum atomic E-state index is 12.5. The number of amides is 1. The van der Waals surface area contributed by atoms with Crippen molar-refractivity contribution in [3.63, 3.8) is 0 Å². The second kappa shape index (κ2) is 8.88. The standard InChI is InChI=1S/C24H27N3O4/c1-14-17-9-8-16(30-3)12-21(17)31-24(29)19(14)13-23(28)25-11-10-22-26-15(2)18-6-4-5-7-20(18)27-22/h8-9,12H,4-7,10-11,13H2,1-3H3,(H,25,28). The molecule has 3 aromatic rings. The first kappa shape index (κ1) is 21.0. The van der Waals surface area contributed by atoms with Gasteiger partial charge in [-0.1, -0.05) is 0 Å². The van der Waals surface area contributed by atoms with Gasteiger partial charge in [0.2, 0.25) is 5.91 Å². The van der Waals surface area contributed by atoms with Gasteiger partial charge in [-0.25, -0.2) is 14.8 Å². The number of methoxy groups -OCH3 is 1. The van der Waals surface area contributed by atoms with Crippen LogP contribution in [-0.2, 0) is 30.5 Å². The number of carbonyl (C=O) groups excluding carboxylic acids is 1.